The molecule has 1 aromatic carbocycles. The van der Waals surface area contributed by atoms with Crippen molar-refractivity contribution in [2.24, 2.45) is 5.92 Å². The van der Waals surface area contributed by atoms with Crippen LogP contribution in [0.5, 0.6) is 0 Å². The van der Waals surface area contributed by atoms with Crippen LogP contribution in [0.4, 0.5) is 5.69 Å². The first-order valence-electron chi connectivity index (χ1n) is 9.94. The lowest BCUT2D eigenvalue weighted by Crippen LogP contribution is -2.37. The third-order valence-electron chi connectivity index (χ3n) is 5.28. The average molecular weight is 394 g/mol. The standard InChI is InChI=1S/C21H26N6O2/c1-14-12-15(2)27(24-14)19-6-4-18(5-7-19)23-21(28)17-8-10-26(11-9-17)13-20-22-16(3)25-29-20/h4-7,12,17H,8-11,13H2,1-3H3,(H,23,28). The zero-order valence-corrected chi connectivity index (χ0v) is 17.1. The van der Waals surface area contributed by atoms with E-state index >= 15 is 0 Å². The molecule has 152 valence electrons. The minimum absolute atomic E-state index is 0.0198. The van der Waals surface area contributed by atoms with Crippen molar-refractivity contribution >= 4 is 11.6 Å². The van der Waals surface area contributed by atoms with Crippen LogP contribution in [-0.4, -0.2) is 43.8 Å². The highest BCUT2D eigenvalue weighted by molar-refractivity contribution is 5.92. The van der Waals surface area contributed by atoms with Crippen molar-refractivity contribution in [2.75, 3.05) is 18.4 Å². The molecule has 8 nitrogen and oxygen atoms in total. The van der Waals surface area contributed by atoms with E-state index in [4.69, 9.17) is 4.52 Å². The predicted molar refractivity (Wildman–Crippen MR) is 109 cm³/mol. The number of nitrogens with one attached hydrogen (secondary N) is 1. The molecule has 0 atom stereocenters. The Morgan fingerprint density at radius 2 is 1.90 bits per heavy atom. The van der Waals surface area contributed by atoms with Crippen LogP contribution < -0.4 is 5.32 Å². The van der Waals surface area contributed by atoms with Crippen LogP contribution in [0.1, 0.15) is 35.9 Å². The molecule has 29 heavy (non-hydrogen) atoms. The highest BCUT2D eigenvalue weighted by Crippen LogP contribution is 2.22. The molecular formula is C21H26N6O2. The molecule has 0 radical (unpaired) electrons. The second-order valence-electron chi connectivity index (χ2n) is 7.66. The Morgan fingerprint density at radius 1 is 1.17 bits per heavy atom. The molecule has 1 fully saturated rings. The number of carbonyl (C=O) groups is 1. The van der Waals surface area contributed by atoms with Crippen molar-refractivity contribution in [1.29, 1.82) is 0 Å². The molecule has 0 bridgehead atoms. The lowest BCUT2D eigenvalue weighted by Gasteiger charge is -2.30. The maximum atomic E-state index is 12.7. The predicted octanol–water partition coefficient (Wildman–Crippen LogP) is 3.03. The van der Waals surface area contributed by atoms with Crippen molar-refractivity contribution in [1.82, 2.24) is 24.8 Å². The molecule has 0 saturated carbocycles. The van der Waals surface area contributed by atoms with E-state index in [0.29, 0.717) is 18.3 Å². The summed E-state index contributed by atoms with van der Waals surface area (Å²) >= 11 is 0. The summed E-state index contributed by atoms with van der Waals surface area (Å²) in [6.45, 7) is 8.15. The van der Waals surface area contributed by atoms with E-state index < -0.39 is 0 Å². The third-order valence-corrected chi connectivity index (χ3v) is 5.28. The molecule has 0 aliphatic carbocycles. The SMILES string of the molecule is Cc1cc(C)n(-c2ccc(NC(=O)C3CCN(Cc4nc(C)no4)CC3)cc2)n1. The normalized spacial score (nSPS) is 15.6. The number of nitrogens with zero attached hydrogens (tertiary/aromatic N) is 5. The van der Waals surface area contributed by atoms with E-state index in [-0.39, 0.29) is 11.8 Å². The molecule has 1 amide bonds. The largest absolute Gasteiger partial charge is 0.338 e. The van der Waals surface area contributed by atoms with Gasteiger partial charge in [0.1, 0.15) is 0 Å². The van der Waals surface area contributed by atoms with E-state index in [2.05, 4.69) is 25.5 Å². The van der Waals surface area contributed by atoms with Gasteiger partial charge in [-0.25, -0.2) is 4.68 Å². The number of likely N-dealkylation sites (tertiary alicyclic amines) is 1. The highest BCUT2D eigenvalue weighted by Gasteiger charge is 2.26. The van der Waals surface area contributed by atoms with E-state index in [1.807, 2.05) is 55.8 Å². The van der Waals surface area contributed by atoms with Gasteiger partial charge in [-0.05, 0) is 77.0 Å². The Morgan fingerprint density at radius 3 is 2.48 bits per heavy atom. The molecular weight excluding hydrogens is 368 g/mol. The van der Waals surface area contributed by atoms with Gasteiger partial charge in [-0.3, -0.25) is 9.69 Å². The number of aryl methyl sites for hydroxylation is 3. The van der Waals surface area contributed by atoms with Gasteiger partial charge < -0.3 is 9.84 Å². The summed E-state index contributed by atoms with van der Waals surface area (Å²) < 4.78 is 7.09. The maximum Gasteiger partial charge on any atom is 0.240 e. The molecule has 3 aromatic rings. The van der Waals surface area contributed by atoms with Crippen LogP contribution in [-0.2, 0) is 11.3 Å². The Hall–Kier alpha value is -3.00. The summed E-state index contributed by atoms with van der Waals surface area (Å²) in [4.78, 5) is 19.2. The Balaban J connectivity index is 1.30. The van der Waals surface area contributed by atoms with Crippen molar-refractivity contribution < 1.29 is 9.32 Å². The molecule has 1 aliphatic heterocycles. The summed E-state index contributed by atoms with van der Waals surface area (Å²) in [6, 6.07) is 9.85. The molecule has 0 spiro atoms. The van der Waals surface area contributed by atoms with E-state index in [1.54, 1.807) is 0 Å². The smallest absolute Gasteiger partial charge is 0.240 e. The van der Waals surface area contributed by atoms with Gasteiger partial charge in [-0.2, -0.15) is 10.1 Å². The van der Waals surface area contributed by atoms with Crippen LogP contribution in [0, 0.1) is 26.7 Å². The summed E-state index contributed by atoms with van der Waals surface area (Å²) in [5.74, 6) is 1.38. The first-order valence-corrected chi connectivity index (χ1v) is 9.94. The second-order valence-corrected chi connectivity index (χ2v) is 7.66. The molecule has 4 rings (SSSR count). The highest BCUT2D eigenvalue weighted by atomic mass is 16.5. The fourth-order valence-electron chi connectivity index (χ4n) is 3.77. The fraction of sp³-hybridized carbons (Fsp3) is 0.429. The van der Waals surface area contributed by atoms with Crippen molar-refractivity contribution in [3.63, 3.8) is 0 Å². The van der Waals surface area contributed by atoms with Crippen LogP contribution in [0.15, 0.2) is 34.9 Å². The molecule has 2 aromatic heterocycles. The van der Waals surface area contributed by atoms with Gasteiger partial charge in [0, 0.05) is 17.3 Å². The number of aromatic nitrogens is 4. The molecule has 1 aliphatic rings. The molecule has 1 saturated heterocycles. The van der Waals surface area contributed by atoms with Gasteiger partial charge in [0.25, 0.3) is 0 Å². The Bertz CT molecular complexity index is 983. The van der Waals surface area contributed by atoms with Crippen LogP contribution in [0.2, 0.25) is 0 Å². The van der Waals surface area contributed by atoms with Gasteiger partial charge in [0.2, 0.25) is 11.8 Å². The van der Waals surface area contributed by atoms with E-state index in [1.165, 1.54) is 0 Å². The number of hydrogen-bond donors (Lipinski definition) is 1. The van der Waals surface area contributed by atoms with Crippen LogP contribution in [0.25, 0.3) is 5.69 Å². The monoisotopic (exact) mass is 394 g/mol. The summed E-state index contributed by atoms with van der Waals surface area (Å²) in [5.41, 5.74) is 3.87. The number of carbonyl (C=O) groups excluding carboxylic acids is 1. The third kappa shape index (κ3) is 4.54. The van der Waals surface area contributed by atoms with Crippen LogP contribution in [0.3, 0.4) is 0 Å². The molecule has 8 heteroatoms. The number of amides is 1. The Kier molecular flexibility index (Phi) is 5.44. The number of anilines is 1. The number of rotatable bonds is 5. The second kappa shape index (κ2) is 8.16. The molecule has 1 N–H and O–H groups in total. The maximum absolute atomic E-state index is 12.7. The van der Waals surface area contributed by atoms with Gasteiger partial charge in [-0.15, -0.1) is 0 Å². The number of hydrogen-bond acceptors (Lipinski definition) is 6. The molecule has 3 heterocycles. The van der Waals surface area contributed by atoms with Crippen molar-refractivity contribution in [3.05, 3.63) is 53.4 Å². The lowest BCUT2D eigenvalue weighted by molar-refractivity contribution is -0.121. The summed E-state index contributed by atoms with van der Waals surface area (Å²) in [7, 11) is 0. The molecule has 0 unspecified atom stereocenters. The van der Waals surface area contributed by atoms with E-state index in [0.717, 1.165) is 48.7 Å². The van der Waals surface area contributed by atoms with Gasteiger partial charge in [0.05, 0.1) is 17.9 Å². The fourth-order valence-corrected chi connectivity index (χ4v) is 3.77. The average Bonchev–Trinajstić information content (AvgIpc) is 3.27. The quantitative estimate of drug-likeness (QED) is 0.715. The van der Waals surface area contributed by atoms with Crippen molar-refractivity contribution in [3.8, 4) is 5.69 Å². The summed E-state index contributed by atoms with van der Waals surface area (Å²) in [5, 5.41) is 11.4. The first-order chi connectivity index (χ1) is 14.0. The van der Waals surface area contributed by atoms with Crippen LogP contribution >= 0.6 is 0 Å². The van der Waals surface area contributed by atoms with Gasteiger partial charge in [0.15, 0.2) is 5.82 Å². The van der Waals surface area contributed by atoms with Crippen molar-refractivity contribution in [2.45, 2.75) is 40.2 Å². The minimum Gasteiger partial charge on any atom is -0.338 e. The van der Waals surface area contributed by atoms with Gasteiger partial charge in [-0.1, -0.05) is 5.16 Å². The summed E-state index contributed by atoms with van der Waals surface area (Å²) in [6.07, 6.45) is 1.64. The zero-order valence-electron chi connectivity index (χ0n) is 17.1. The topological polar surface area (TPSA) is 89.1 Å². The minimum atomic E-state index is 0.0198. The Labute approximate surface area is 169 Å². The van der Waals surface area contributed by atoms with E-state index in [9.17, 15) is 4.79 Å². The number of piperidine rings is 1. The zero-order chi connectivity index (χ0) is 20.4. The lowest BCUT2D eigenvalue weighted by atomic mass is 9.96. The van der Waals surface area contributed by atoms with Gasteiger partial charge >= 0.3 is 0 Å². The number of benzene rings is 1. The first kappa shape index (κ1) is 19.3.